The predicted octanol–water partition coefficient (Wildman–Crippen LogP) is 1.77. The molecule has 0 spiro atoms. The normalized spacial score (nSPS) is 16.3. The van der Waals surface area contributed by atoms with Gasteiger partial charge in [-0.05, 0) is 30.7 Å². The maximum Gasteiger partial charge on any atom is 0.152 e. The average molecular weight is 241 g/mol. The third-order valence-corrected chi connectivity index (χ3v) is 4.57. The van der Waals surface area contributed by atoms with Gasteiger partial charge in [0.15, 0.2) is 5.84 Å². The minimum Gasteiger partial charge on any atom is -0.308 e. The Kier molecular flexibility index (Phi) is 3.66. The van der Waals surface area contributed by atoms with Gasteiger partial charge >= 0.3 is 0 Å². The molecule has 0 atom stereocenters. The monoisotopic (exact) mass is 241 g/mol. The molecule has 0 unspecified atom stereocenters. The highest BCUT2D eigenvalue weighted by atomic mass is 32.2. The minimum atomic E-state index is 0.761. The number of fused-ring (bicyclic) bond motifs is 1. The van der Waals surface area contributed by atoms with Gasteiger partial charge in [0.05, 0.1) is 4.88 Å². The van der Waals surface area contributed by atoms with Crippen LogP contribution < -0.4 is 11.3 Å². The Hall–Kier alpha value is -0.520. The van der Waals surface area contributed by atoms with Gasteiger partial charge in [0.1, 0.15) is 0 Å². The van der Waals surface area contributed by atoms with Crippen LogP contribution in [-0.4, -0.2) is 18.1 Å². The molecule has 3 N–H and O–H groups in total. The van der Waals surface area contributed by atoms with E-state index in [1.165, 1.54) is 27.5 Å². The molecule has 0 saturated carbocycles. The van der Waals surface area contributed by atoms with Crippen molar-refractivity contribution in [3.05, 3.63) is 21.4 Å². The number of rotatable bonds is 2. The van der Waals surface area contributed by atoms with Crippen molar-refractivity contribution in [2.45, 2.75) is 19.1 Å². The van der Waals surface area contributed by atoms with Gasteiger partial charge in [-0.15, -0.1) is 11.3 Å². The third-order valence-electron chi connectivity index (χ3n) is 2.31. The summed E-state index contributed by atoms with van der Waals surface area (Å²) < 4.78 is 0. The van der Waals surface area contributed by atoms with Gasteiger partial charge in [0.2, 0.25) is 0 Å². The van der Waals surface area contributed by atoms with Crippen LogP contribution in [0.1, 0.15) is 22.2 Å². The Morgan fingerprint density at radius 3 is 3.20 bits per heavy atom. The quantitative estimate of drug-likeness (QED) is 0.359. The molecule has 82 valence electrons. The lowest BCUT2D eigenvalue weighted by atomic mass is 10.2. The molecule has 0 amide bonds. The molecule has 2 heterocycles. The Labute approximate surface area is 98.1 Å². The fourth-order valence-electron chi connectivity index (χ4n) is 1.62. The maximum absolute atomic E-state index is 5.47. The van der Waals surface area contributed by atoms with Crippen molar-refractivity contribution < 1.29 is 0 Å². The molecule has 15 heavy (non-hydrogen) atoms. The number of nitrogens with one attached hydrogen (secondary N) is 1. The number of hydrogen-bond donors (Lipinski definition) is 2. The number of hydrogen-bond acceptors (Lipinski definition) is 4. The van der Waals surface area contributed by atoms with E-state index in [-0.39, 0.29) is 0 Å². The van der Waals surface area contributed by atoms with Crippen LogP contribution in [0.15, 0.2) is 11.1 Å². The molecule has 0 bridgehead atoms. The lowest BCUT2D eigenvalue weighted by Crippen LogP contribution is -2.30. The largest absolute Gasteiger partial charge is 0.308 e. The lowest BCUT2D eigenvalue weighted by Gasteiger charge is -2.08. The second kappa shape index (κ2) is 5.01. The van der Waals surface area contributed by atoms with Gasteiger partial charge in [-0.1, -0.05) is 0 Å². The molecule has 3 nitrogen and oxygen atoms in total. The highest BCUT2D eigenvalue weighted by molar-refractivity contribution is 7.98. The van der Waals surface area contributed by atoms with Gasteiger partial charge in [0.25, 0.3) is 0 Å². The SMILES string of the molecule is CCN=C(NN)c1cc2c(s1)CCSC2. The fourth-order valence-corrected chi connectivity index (χ4v) is 3.96. The highest BCUT2D eigenvalue weighted by Crippen LogP contribution is 2.31. The Morgan fingerprint density at radius 2 is 2.53 bits per heavy atom. The molecule has 0 aromatic carbocycles. The molecule has 1 aromatic heterocycles. The summed E-state index contributed by atoms with van der Waals surface area (Å²) in [4.78, 5) is 7.02. The molecule has 0 fully saturated rings. The molecular weight excluding hydrogens is 226 g/mol. The highest BCUT2D eigenvalue weighted by Gasteiger charge is 2.15. The summed E-state index contributed by atoms with van der Waals surface area (Å²) in [6.07, 6.45) is 1.19. The van der Waals surface area contributed by atoms with E-state index < -0.39 is 0 Å². The van der Waals surface area contributed by atoms with Crippen LogP contribution in [-0.2, 0) is 12.2 Å². The summed E-state index contributed by atoms with van der Waals surface area (Å²) in [7, 11) is 0. The topological polar surface area (TPSA) is 50.4 Å². The van der Waals surface area contributed by atoms with Gasteiger partial charge in [-0.3, -0.25) is 4.99 Å². The molecular formula is C10H15N3S2. The summed E-state index contributed by atoms with van der Waals surface area (Å²) in [5.74, 6) is 8.66. The van der Waals surface area contributed by atoms with E-state index in [4.69, 9.17) is 5.84 Å². The maximum atomic E-state index is 5.47. The molecule has 1 aliphatic rings. The molecule has 1 aromatic rings. The van der Waals surface area contributed by atoms with Gasteiger partial charge in [-0.2, -0.15) is 11.8 Å². The van der Waals surface area contributed by atoms with Crippen molar-refractivity contribution in [3.63, 3.8) is 0 Å². The van der Waals surface area contributed by atoms with E-state index in [2.05, 4.69) is 16.5 Å². The van der Waals surface area contributed by atoms with Crippen LogP contribution in [0, 0.1) is 0 Å². The number of aryl methyl sites for hydroxylation is 1. The van der Waals surface area contributed by atoms with E-state index in [9.17, 15) is 0 Å². The lowest BCUT2D eigenvalue weighted by molar-refractivity contribution is 0.995. The van der Waals surface area contributed by atoms with E-state index in [1.54, 1.807) is 0 Å². The molecule has 0 aliphatic carbocycles. The number of amidine groups is 1. The van der Waals surface area contributed by atoms with Crippen LogP contribution in [0.4, 0.5) is 0 Å². The van der Waals surface area contributed by atoms with E-state index in [0.29, 0.717) is 0 Å². The summed E-state index contributed by atoms with van der Waals surface area (Å²) in [5.41, 5.74) is 4.15. The number of nitrogens with zero attached hydrogens (tertiary/aromatic N) is 1. The molecule has 0 saturated heterocycles. The van der Waals surface area contributed by atoms with Crippen LogP contribution >= 0.6 is 23.1 Å². The zero-order chi connectivity index (χ0) is 10.7. The standard InChI is InChI=1S/C10H15N3S2/c1-2-12-10(13-11)9-5-7-6-14-4-3-8(7)15-9/h5H,2-4,6,11H2,1H3,(H,12,13). The van der Waals surface area contributed by atoms with Crippen LogP contribution in [0.25, 0.3) is 0 Å². The first kappa shape index (κ1) is 11.0. The third kappa shape index (κ3) is 2.35. The zero-order valence-electron chi connectivity index (χ0n) is 8.75. The summed E-state index contributed by atoms with van der Waals surface area (Å²) in [6.45, 7) is 2.78. The van der Waals surface area contributed by atoms with Crippen LogP contribution in [0.2, 0.25) is 0 Å². The Balaban J connectivity index is 2.28. The number of aliphatic imine (C=N–C) groups is 1. The van der Waals surface area contributed by atoms with Crippen molar-refractivity contribution in [2.24, 2.45) is 10.8 Å². The van der Waals surface area contributed by atoms with E-state index in [1.807, 2.05) is 30.0 Å². The van der Waals surface area contributed by atoms with Crippen molar-refractivity contribution in [2.75, 3.05) is 12.3 Å². The van der Waals surface area contributed by atoms with Crippen LogP contribution in [0.5, 0.6) is 0 Å². The molecule has 5 heteroatoms. The molecule has 2 rings (SSSR count). The zero-order valence-corrected chi connectivity index (χ0v) is 10.4. The molecule has 0 radical (unpaired) electrons. The fraction of sp³-hybridized carbons (Fsp3) is 0.500. The summed E-state index contributed by atoms with van der Waals surface area (Å²) in [6, 6.07) is 2.22. The summed E-state index contributed by atoms with van der Waals surface area (Å²) in [5, 5.41) is 0. The number of thiophene rings is 1. The van der Waals surface area contributed by atoms with Crippen molar-refractivity contribution >= 4 is 28.9 Å². The number of nitrogens with two attached hydrogens (primary N) is 1. The first-order chi connectivity index (χ1) is 7.35. The second-order valence-corrected chi connectivity index (χ2v) is 5.57. The first-order valence-corrected chi connectivity index (χ1v) is 7.03. The molecule has 1 aliphatic heterocycles. The van der Waals surface area contributed by atoms with Gasteiger partial charge < -0.3 is 5.43 Å². The van der Waals surface area contributed by atoms with Gasteiger partial charge in [0, 0.05) is 17.2 Å². The first-order valence-electron chi connectivity index (χ1n) is 5.06. The summed E-state index contributed by atoms with van der Waals surface area (Å²) >= 11 is 3.82. The van der Waals surface area contributed by atoms with E-state index in [0.717, 1.165) is 18.1 Å². The predicted molar refractivity (Wildman–Crippen MR) is 68.6 cm³/mol. The second-order valence-electron chi connectivity index (χ2n) is 3.33. The minimum absolute atomic E-state index is 0.761. The number of hydrazine groups is 1. The van der Waals surface area contributed by atoms with Crippen molar-refractivity contribution in [3.8, 4) is 0 Å². The van der Waals surface area contributed by atoms with Crippen molar-refractivity contribution in [1.82, 2.24) is 5.43 Å². The Bertz CT molecular complexity index is 347. The number of thioether (sulfide) groups is 1. The van der Waals surface area contributed by atoms with Gasteiger partial charge in [-0.25, -0.2) is 5.84 Å². The Morgan fingerprint density at radius 1 is 1.67 bits per heavy atom. The smallest absolute Gasteiger partial charge is 0.152 e. The average Bonchev–Trinajstić information content (AvgIpc) is 2.69. The van der Waals surface area contributed by atoms with E-state index >= 15 is 0 Å². The van der Waals surface area contributed by atoms with Crippen molar-refractivity contribution in [1.29, 1.82) is 0 Å². The van der Waals surface area contributed by atoms with Crippen LogP contribution in [0.3, 0.4) is 0 Å².